The van der Waals surface area contributed by atoms with Gasteiger partial charge >= 0.3 is 6.98 Å². The fourth-order valence-electron chi connectivity index (χ4n) is 4.35. The van der Waals surface area contributed by atoms with Crippen LogP contribution >= 0.6 is 0 Å². The lowest BCUT2D eigenvalue weighted by atomic mass is 9.60. The minimum Gasteiger partial charge on any atom is -0.372 e. The van der Waals surface area contributed by atoms with Crippen LogP contribution in [0.3, 0.4) is 0 Å². The minimum atomic E-state index is 0.0645. The number of nitrogens with zero attached hydrogens (tertiary/aromatic N) is 3. The number of allylic oxidation sites excluding steroid dienone is 1. The Bertz CT molecular complexity index is 1040. The Kier molecular flexibility index (Phi) is 4.72. The van der Waals surface area contributed by atoms with Gasteiger partial charge in [0.25, 0.3) is 5.82 Å². The summed E-state index contributed by atoms with van der Waals surface area (Å²) in [5.41, 5.74) is 7.71. The molecule has 0 unspecified atom stereocenters. The van der Waals surface area contributed by atoms with E-state index in [1.807, 2.05) is 0 Å². The first-order valence-electron chi connectivity index (χ1n) is 9.79. The molecule has 0 atom stereocenters. The number of fused-ring (bicyclic) bond motifs is 1. The number of para-hydroxylation sites is 1. The van der Waals surface area contributed by atoms with Gasteiger partial charge in [0.2, 0.25) is 0 Å². The van der Waals surface area contributed by atoms with Crippen LogP contribution in [0.25, 0.3) is 6.08 Å². The van der Waals surface area contributed by atoms with E-state index in [2.05, 4.69) is 122 Å². The summed E-state index contributed by atoms with van der Waals surface area (Å²) in [6, 6.07) is 21.6. The third kappa shape index (κ3) is 2.99. The van der Waals surface area contributed by atoms with Crippen molar-refractivity contribution < 1.29 is 4.57 Å². The number of hydrogen-bond donors (Lipinski definition) is 0. The van der Waals surface area contributed by atoms with Crippen molar-refractivity contribution in [2.24, 2.45) is 7.05 Å². The predicted octanol–water partition coefficient (Wildman–Crippen LogP) is 3.84. The van der Waals surface area contributed by atoms with Crippen molar-refractivity contribution in [2.75, 3.05) is 16.7 Å². The van der Waals surface area contributed by atoms with Gasteiger partial charge in [-0.15, -0.1) is 0 Å². The van der Waals surface area contributed by atoms with E-state index in [0.717, 1.165) is 0 Å². The van der Waals surface area contributed by atoms with E-state index in [1.54, 1.807) is 0 Å². The van der Waals surface area contributed by atoms with Crippen LogP contribution in [0.5, 0.6) is 0 Å². The number of aromatic nitrogens is 1. The van der Waals surface area contributed by atoms with Crippen molar-refractivity contribution in [1.82, 2.24) is 0 Å². The van der Waals surface area contributed by atoms with Crippen molar-refractivity contribution in [3.63, 3.8) is 0 Å². The molecular weight excluding hydrogens is 341 g/mol. The van der Waals surface area contributed by atoms with Crippen LogP contribution in [0, 0.1) is 13.8 Å². The standard InChI is InChI=1S/C24H27BN3/c1-18-11-10-12-19(2)24(18)25-27(5)22-14-7-6-13-21(22)17-20(3)28(25)23-15-8-9-16-26(23)4/h6-17H,1-5H3/q+1. The maximum absolute atomic E-state index is 2.45. The largest absolute Gasteiger partial charge is 0.537 e. The van der Waals surface area contributed by atoms with Crippen LogP contribution in [-0.2, 0) is 7.05 Å². The molecule has 3 aromatic rings. The second-order valence-corrected chi connectivity index (χ2v) is 7.67. The van der Waals surface area contributed by atoms with Crippen molar-refractivity contribution in [1.29, 1.82) is 0 Å². The fourth-order valence-corrected chi connectivity index (χ4v) is 4.35. The number of aryl methyl sites for hydroxylation is 3. The monoisotopic (exact) mass is 368 g/mol. The zero-order valence-corrected chi connectivity index (χ0v) is 17.3. The molecule has 0 saturated carbocycles. The second kappa shape index (κ2) is 7.19. The Morgan fingerprint density at radius 2 is 1.50 bits per heavy atom. The summed E-state index contributed by atoms with van der Waals surface area (Å²) in [6.07, 6.45) is 4.41. The highest BCUT2D eigenvalue weighted by atomic mass is 15.3. The quantitative estimate of drug-likeness (QED) is 0.503. The van der Waals surface area contributed by atoms with Crippen LogP contribution in [-0.4, -0.2) is 14.0 Å². The van der Waals surface area contributed by atoms with Gasteiger partial charge in [-0.3, -0.25) is 4.81 Å². The molecule has 28 heavy (non-hydrogen) atoms. The molecule has 0 fully saturated rings. The first kappa shape index (κ1) is 18.4. The van der Waals surface area contributed by atoms with Crippen LogP contribution in [0.1, 0.15) is 23.6 Å². The molecule has 4 heteroatoms. The summed E-state index contributed by atoms with van der Waals surface area (Å²) in [5, 5.41) is 0. The van der Waals surface area contributed by atoms with E-state index in [9.17, 15) is 0 Å². The number of anilines is 2. The molecule has 0 amide bonds. The highest BCUT2D eigenvalue weighted by molar-refractivity contribution is 6.81. The molecule has 140 valence electrons. The zero-order chi connectivity index (χ0) is 19.8. The van der Waals surface area contributed by atoms with Gasteiger partial charge in [0.15, 0.2) is 0 Å². The minimum absolute atomic E-state index is 0.0645. The molecule has 1 aliphatic rings. The van der Waals surface area contributed by atoms with E-state index >= 15 is 0 Å². The van der Waals surface area contributed by atoms with Crippen molar-refractivity contribution in [3.8, 4) is 0 Å². The molecular formula is C24H27BN3+. The number of pyridine rings is 1. The van der Waals surface area contributed by atoms with Gasteiger partial charge in [-0.1, -0.05) is 42.5 Å². The van der Waals surface area contributed by atoms with E-state index in [4.69, 9.17) is 0 Å². The van der Waals surface area contributed by atoms with Gasteiger partial charge < -0.3 is 4.81 Å². The summed E-state index contributed by atoms with van der Waals surface area (Å²) in [4.78, 5) is 4.86. The maximum atomic E-state index is 2.45. The summed E-state index contributed by atoms with van der Waals surface area (Å²) < 4.78 is 2.20. The third-order valence-electron chi connectivity index (χ3n) is 5.75. The van der Waals surface area contributed by atoms with Gasteiger partial charge in [0, 0.05) is 22.8 Å². The van der Waals surface area contributed by atoms with E-state index in [-0.39, 0.29) is 6.98 Å². The van der Waals surface area contributed by atoms with Gasteiger partial charge in [-0.2, -0.15) is 0 Å². The van der Waals surface area contributed by atoms with E-state index < -0.39 is 0 Å². The summed E-state index contributed by atoms with van der Waals surface area (Å²) >= 11 is 0. The van der Waals surface area contributed by atoms with Crippen LogP contribution in [0.2, 0.25) is 0 Å². The smallest absolute Gasteiger partial charge is 0.372 e. The Morgan fingerprint density at radius 3 is 2.21 bits per heavy atom. The first-order chi connectivity index (χ1) is 13.5. The molecule has 0 N–H and O–H groups in total. The first-order valence-corrected chi connectivity index (χ1v) is 9.79. The number of hydrogen-bond acceptors (Lipinski definition) is 2. The topological polar surface area (TPSA) is 10.4 Å². The number of benzene rings is 2. The molecule has 1 aliphatic heterocycles. The molecule has 0 spiro atoms. The predicted molar refractivity (Wildman–Crippen MR) is 120 cm³/mol. The van der Waals surface area contributed by atoms with Gasteiger partial charge in [-0.25, -0.2) is 4.57 Å². The third-order valence-corrected chi connectivity index (χ3v) is 5.75. The van der Waals surface area contributed by atoms with Crippen molar-refractivity contribution in [2.45, 2.75) is 20.8 Å². The Labute approximate surface area is 168 Å². The highest BCUT2D eigenvalue weighted by Gasteiger charge is 2.44. The van der Waals surface area contributed by atoms with Gasteiger partial charge in [0.1, 0.15) is 0 Å². The van der Waals surface area contributed by atoms with Gasteiger partial charge in [-0.05, 0) is 57.2 Å². The molecule has 3 nitrogen and oxygen atoms in total. The molecule has 2 heterocycles. The maximum Gasteiger partial charge on any atom is 0.537 e. The molecule has 1 aromatic heterocycles. The Hall–Kier alpha value is -3.01. The van der Waals surface area contributed by atoms with Crippen LogP contribution in [0.4, 0.5) is 11.5 Å². The summed E-state index contributed by atoms with van der Waals surface area (Å²) in [5.74, 6) is 1.17. The molecule has 0 bridgehead atoms. The molecule has 0 radical (unpaired) electrons. The lowest BCUT2D eigenvalue weighted by molar-refractivity contribution is -0.658. The molecule has 0 aliphatic carbocycles. The fraction of sp³-hybridized carbons (Fsp3) is 0.208. The Balaban J connectivity index is 2.03. The summed E-state index contributed by atoms with van der Waals surface area (Å²) in [6.45, 7) is 6.71. The SMILES string of the molecule is CC1=Cc2ccccc2N(C)B(c2c(C)cccc2C)N1c1cccc[n+]1C. The molecule has 0 saturated heterocycles. The van der Waals surface area contributed by atoms with Gasteiger partial charge in [0.05, 0.1) is 18.9 Å². The molecule has 4 rings (SSSR count). The normalized spacial score (nSPS) is 13.9. The lowest BCUT2D eigenvalue weighted by Gasteiger charge is -2.32. The second-order valence-electron chi connectivity index (χ2n) is 7.67. The van der Waals surface area contributed by atoms with E-state index in [1.165, 1.54) is 39.4 Å². The average molecular weight is 368 g/mol. The zero-order valence-electron chi connectivity index (χ0n) is 17.3. The van der Waals surface area contributed by atoms with Crippen LogP contribution < -0.4 is 19.7 Å². The van der Waals surface area contributed by atoms with Crippen molar-refractivity contribution in [3.05, 3.63) is 89.2 Å². The molecule has 2 aromatic carbocycles. The lowest BCUT2D eigenvalue weighted by Crippen LogP contribution is -2.62. The van der Waals surface area contributed by atoms with Crippen molar-refractivity contribution >= 4 is 30.0 Å². The average Bonchev–Trinajstić information content (AvgIpc) is 2.77. The number of rotatable bonds is 2. The summed E-state index contributed by atoms with van der Waals surface area (Å²) in [7, 11) is 4.32. The van der Waals surface area contributed by atoms with Crippen LogP contribution in [0.15, 0.2) is 72.6 Å². The highest BCUT2D eigenvalue weighted by Crippen LogP contribution is 2.31. The Morgan fingerprint density at radius 1 is 0.821 bits per heavy atom. The van der Waals surface area contributed by atoms with E-state index in [0.29, 0.717) is 0 Å².